The lowest BCUT2D eigenvalue weighted by Crippen LogP contribution is -2.29. The third-order valence-electron chi connectivity index (χ3n) is 5.64. The van der Waals surface area contributed by atoms with E-state index < -0.39 is 0 Å². The molecule has 0 aromatic heterocycles. The number of thioether (sulfide) groups is 2. The maximum absolute atomic E-state index is 13.7. The number of aliphatic imine (C=N–C) groups is 1. The molecule has 178 valence electrons. The molecule has 3 aromatic carbocycles. The molecule has 0 atom stereocenters. The van der Waals surface area contributed by atoms with Crippen LogP contribution >= 0.6 is 23.5 Å². The van der Waals surface area contributed by atoms with Gasteiger partial charge in [0.25, 0.3) is 5.91 Å². The van der Waals surface area contributed by atoms with Gasteiger partial charge in [-0.1, -0.05) is 54.2 Å². The molecule has 1 saturated heterocycles. The van der Waals surface area contributed by atoms with Gasteiger partial charge in [-0.25, -0.2) is 4.99 Å². The molecule has 0 bridgehead atoms. The molecule has 9 heteroatoms. The van der Waals surface area contributed by atoms with E-state index in [1.165, 1.54) is 18.7 Å². The first-order valence-electron chi connectivity index (χ1n) is 11.1. The number of fused-ring (bicyclic) bond motifs is 1. The number of nitrogens with one attached hydrogen (secondary N) is 1. The second kappa shape index (κ2) is 9.93. The molecule has 2 aliphatic rings. The third kappa shape index (κ3) is 4.61. The van der Waals surface area contributed by atoms with Crippen molar-refractivity contribution >= 4 is 57.6 Å². The van der Waals surface area contributed by atoms with Gasteiger partial charge in [0.15, 0.2) is 5.17 Å². The molecule has 0 spiro atoms. The number of nitriles is 1. The fourth-order valence-electron chi connectivity index (χ4n) is 3.93. The number of para-hydroxylation sites is 1. The van der Waals surface area contributed by atoms with Crippen LogP contribution in [0, 0.1) is 11.3 Å². The summed E-state index contributed by atoms with van der Waals surface area (Å²) >= 11 is 2.91. The minimum atomic E-state index is -0.257. The summed E-state index contributed by atoms with van der Waals surface area (Å²) in [5.41, 5.74) is 3.30. The van der Waals surface area contributed by atoms with E-state index in [2.05, 4.69) is 11.4 Å². The molecule has 1 fully saturated rings. The van der Waals surface area contributed by atoms with Gasteiger partial charge in [0.2, 0.25) is 5.91 Å². The average Bonchev–Trinajstić information content (AvgIpc) is 3.37. The lowest BCUT2D eigenvalue weighted by atomic mass is 10.1. The topological polar surface area (TPSA) is 88.8 Å². The van der Waals surface area contributed by atoms with Crippen molar-refractivity contribution < 1.29 is 9.59 Å². The van der Waals surface area contributed by atoms with E-state index >= 15 is 0 Å². The molecule has 3 aromatic rings. The second-order valence-electron chi connectivity index (χ2n) is 8.16. The Morgan fingerprint density at radius 1 is 1.06 bits per heavy atom. The van der Waals surface area contributed by atoms with Crippen molar-refractivity contribution in [3.05, 3.63) is 93.9 Å². The summed E-state index contributed by atoms with van der Waals surface area (Å²) in [5, 5.41) is 13.6. The molecule has 0 radical (unpaired) electrons. The van der Waals surface area contributed by atoms with Crippen LogP contribution in [-0.2, 0) is 16.1 Å². The summed E-state index contributed by atoms with van der Waals surface area (Å²) in [6.45, 7) is 1.77. The lowest BCUT2D eigenvalue weighted by Gasteiger charge is -2.17. The Bertz CT molecular complexity index is 1480. The van der Waals surface area contributed by atoms with Crippen molar-refractivity contribution in [1.82, 2.24) is 4.90 Å². The van der Waals surface area contributed by atoms with Gasteiger partial charge >= 0.3 is 0 Å². The van der Waals surface area contributed by atoms with Crippen LogP contribution < -0.4 is 10.2 Å². The smallest absolute Gasteiger partial charge is 0.269 e. The minimum absolute atomic E-state index is 0.111. The normalized spacial score (nSPS) is 17.9. The Morgan fingerprint density at radius 3 is 2.53 bits per heavy atom. The molecule has 2 heterocycles. The standard InChI is InChI=1S/C27H21N5O2S2/c1-17(33)29-21-13-12-20(14-19(21)15-28)30-27-32(16-18-8-4-3-5-9-18)25(34)24(36-27)26-31(2)22-10-6-7-11-23(22)35-26/h3-14H,16H2,1-2H3,(H,29,33)/b26-24-,30-27-. The van der Waals surface area contributed by atoms with Gasteiger partial charge in [-0.05, 0) is 47.7 Å². The van der Waals surface area contributed by atoms with Crippen LogP contribution in [0.4, 0.5) is 17.1 Å². The molecule has 0 unspecified atom stereocenters. The van der Waals surface area contributed by atoms with Gasteiger partial charge in [-0.3, -0.25) is 14.5 Å². The molecule has 5 rings (SSSR count). The van der Waals surface area contributed by atoms with Crippen molar-refractivity contribution in [2.75, 3.05) is 17.3 Å². The van der Waals surface area contributed by atoms with Crippen molar-refractivity contribution in [2.24, 2.45) is 4.99 Å². The number of carbonyl (C=O) groups excluding carboxylic acids is 2. The first-order valence-corrected chi connectivity index (χ1v) is 12.8. The first kappa shape index (κ1) is 23.7. The van der Waals surface area contributed by atoms with Crippen LogP contribution in [0.1, 0.15) is 18.1 Å². The molecule has 1 N–H and O–H groups in total. The predicted molar refractivity (Wildman–Crippen MR) is 145 cm³/mol. The highest BCUT2D eigenvalue weighted by Crippen LogP contribution is 2.50. The fourth-order valence-corrected chi connectivity index (χ4v) is 6.27. The molecule has 2 aliphatic heterocycles. The number of rotatable bonds is 4. The van der Waals surface area contributed by atoms with Gasteiger partial charge in [0, 0.05) is 18.9 Å². The van der Waals surface area contributed by atoms with Gasteiger partial charge in [0.05, 0.1) is 34.2 Å². The molecule has 2 amide bonds. The fraction of sp³-hybridized carbons (Fsp3) is 0.111. The monoisotopic (exact) mass is 511 g/mol. The zero-order valence-corrected chi connectivity index (χ0v) is 21.2. The van der Waals surface area contributed by atoms with Crippen LogP contribution in [0.15, 0.2) is 92.6 Å². The third-order valence-corrected chi connectivity index (χ3v) is 8.07. The number of amides is 2. The van der Waals surface area contributed by atoms with Crippen LogP contribution in [0.2, 0.25) is 0 Å². The Kier molecular flexibility index (Phi) is 6.55. The second-order valence-corrected chi connectivity index (χ2v) is 10.2. The van der Waals surface area contributed by atoms with Crippen molar-refractivity contribution in [3.63, 3.8) is 0 Å². The van der Waals surface area contributed by atoms with E-state index in [9.17, 15) is 14.9 Å². The number of nitrogens with zero attached hydrogens (tertiary/aromatic N) is 4. The van der Waals surface area contributed by atoms with Crippen LogP contribution in [0.5, 0.6) is 0 Å². The number of hydrogen-bond donors (Lipinski definition) is 1. The zero-order chi connectivity index (χ0) is 25.2. The number of carbonyl (C=O) groups is 2. The average molecular weight is 512 g/mol. The lowest BCUT2D eigenvalue weighted by molar-refractivity contribution is -0.122. The van der Waals surface area contributed by atoms with Gasteiger partial charge < -0.3 is 10.2 Å². The SMILES string of the molecule is CC(=O)Nc1ccc(/N=C2\S/C(=C3\Sc4ccccc4N3C)C(=O)N2Cc2ccccc2)cc1C#N. The van der Waals surface area contributed by atoms with E-state index in [0.717, 1.165) is 21.2 Å². The molecule has 0 aliphatic carbocycles. The highest BCUT2D eigenvalue weighted by molar-refractivity contribution is 8.19. The van der Waals surface area contributed by atoms with E-state index in [1.54, 1.807) is 34.9 Å². The van der Waals surface area contributed by atoms with Crippen LogP contribution in [0.3, 0.4) is 0 Å². The maximum Gasteiger partial charge on any atom is 0.269 e. The van der Waals surface area contributed by atoms with Crippen molar-refractivity contribution in [3.8, 4) is 6.07 Å². The largest absolute Gasteiger partial charge is 0.337 e. The maximum atomic E-state index is 13.7. The number of amidine groups is 1. The zero-order valence-electron chi connectivity index (χ0n) is 19.6. The van der Waals surface area contributed by atoms with E-state index in [4.69, 9.17) is 4.99 Å². The molecular formula is C27H21N5O2S2. The Balaban J connectivity index is 1.55. The Hall–Kier alpha value is -4.00. The summed E-state index contributed by atoms with van der Waals surface area (Å²) in [6, 6.07) is 24.9. The molecule has 36 heavy (non-hydrogen) atoms. The first-order chi connectivity index (χ1) is 17.4. The summed E-state index contributed by atoms with van der Waals surface area (Å²) in [5.74, 6) is -0.368. The van der Waals surface area contributed by atoms with E-state index in [0.29, 0.717) is 33.6 Å². The van der Waals surface area contributed by atoms with E-state index in [1.807, 2.05) is 66.5 Å². The minimum Gasteiger partial charge on any atom is -0.337 e. The number of hydrogen-bond acceptors (Lipinski definition) is 7. The highest BCUT2D eigenvalue weighted by atomic mass is 32.2. The molecule has 7 nitrogen and oxygen atoms in total. The predicted octanol–water partition coefficient (Wildman–Crippen LogP) is 5.69. The van der Waals surface area contributed by atoms with E-state index in [-0.39, 0.29) is 11.8 Å². The summed E-state index contributed by atoms with van der Waals surface area (Å²) in [7, 11) is 1.96. The Morgan fingerprint density at radius 2 is 1.81 bits per heavy atom. The summed E-state index contributed by atoms with van der Waals surface area (Å²) in [6.07, 6.45) is 0. The van der Waals surface area contributed by atoms with Gasteiger partial charge in [0.1, 0.15) is 11.0 Å². The Labute approximate surface area is 217 Å². The number of anilines is 2. The quantitative estimate of drug-likeness (QED) is 0.453. The summed E-state index contributed by atoms with van der Waals surface area (Å²) in [4.78, 5) is 35.4. The molecule has 0 saturated carbocycles. The summed E-state index contributed by atoms with van der Waals surface area (Å²) < 4.78 is 0. The van der Waals surface area contributed by atoms with Crippen LogP contribution in [-0.4, -0.2) is 28.9 Å². The van der Waals surface area contributed by atoms with Gasteiger partial charge in [-0.2, -0.15) is 5.26 Å². The molecular weight excluding hydrogens is 490 g/mol. The highest BCUT2D eigenvalue weighted by Gasteiger charge is 2.39. The van der Waals surface area contributed by atoms with Gasteiger partial charge in [-0.15, -0.1) is 0 Å². The van der Waals surface area contributed by atoms with Crippen LogP contribution in [0.25, 0.3) is 0 Å². The van der Waals surface area contributed by atoms with Crippen molar-refractivity contribution in [2.45, 2.75) is 18.4 Å². The van der Waals surface area contributed by atoms with Crippen molar-refractivity contribution in [1.29, 1.82) is 5.26 Å². The number of benzene rings is 3.